The Labute approximate surface area is 152 Å². The molecule has 1 aliphatic heterocycles. The Hall–Kier alpha value is -2.69. The minimum absolute atomic E-state index is 0.00828. The number of hydrogen-bond acceptors (Lipinski definition) is 2. The van der Waals surface area contributed by atoms with Crippen LogP contribution in [0.5, 0.6) is 0 Å². The van der Waals surface area contributed by atoms with Gasteiger partial charge in [0.05, 0.1) is 5.52 Å². The number of carbonyl (C=O) groups is 1. The van der Waals surface area contributed by atoms with E-state index in [1.165, 1.54) is 6.07 Å². The van der Waals surface area contributed by atoms with E-state index in [4.69, 9.17) is 0 Å². The summed E-state index contributed by atoms with van der Waals surface area (Å²) >= 11 is 0. The van der Waals surface area contributed by atoms with Gasteiger partial charge in [-0.15, -0.1) is 0 Å². The molecule has 1 amide bonds. The lowest BCUT2D eigenvalue weighted by molar-refractivity contribution is 0.0686. The van der Waals surface area contributed by atoms with Crippen LogP contribution in [-0.2, 0) is 6.42 Å². The van der Waals surface area contributed by atoms with Crippen molar-refractivity contribution in [3.05, 3.63) is 65.1 Å². The number of nitrogens with one attached hydrogen (secondary N) is 1. The minimum atomic E-state index is -0.184. The van der Waals surface area contributed by atoms with E-state index in [9.17, 15) is 9.18 Å². The van der Waals surface area contributed by atoms with Gasteiger partial charge in [0, 0.05) is 18.5 Å². The molecule has 26 heavy (non-hydrogen) atoms. The molecule has 134 valence electrons. The highest BCUT2D eigenvalue weighted by molar-refractivity contribution is 6.04. The van der Waals surface area contributed by atoms with E-state index in [2.05, 4.69) is 10.2 Å². The van der Waals surface area contributed by atoms with E-state index >= 15 is 0 Å². The van der Waals surface area contributed by atoms with E-state index in [0.717, 1.165) is 54.4 Å². The molecule has 1 N–H and O–H groups in total. The number of rotatable bonds is 3. The summed E-state index contributed by atoms with van der Waals surface area (Å²) in [4.78, 5) is 14.8. The number of aromatic nitrogens is 2. The van der Waals surface area contributed by atoms with Crippen molar-refractivity contribution in [2.24, 2.45) is 5.92 Å². The quantitative estimate of drug-likeness (QED) is 0.772. The zero-order chi connectivity index (χ0) is 18.1. The summed E-state index contributed by atoms with van der Waals surface area (Å²) in [7, 11) is 0. The second kappa shape index (κ2) is 6.90. The van der Waals surface area contributed by atoms with Crippen LogP contribution >= 0.6 is 0 Å². The second-order valence-electron chi connectivity index (χ2n) is 7.19. The zero-order valence-electron chi connectivity index (χ0n) is 14.8. The summed E-state index contributed by atoms with van der Waals surface area (Å²) in [6.07, 6.45) is 2.73. The van der Waals surface area contributed by atoms with Crippen molar-refractivity contribution in [2.75, 3.05) is 13.1 Å². The van der Waals surface area contributed by atoms with Gasteiger partial charge in [-0.3, -0.25) is 9.89 Å². The van der Waals surface area contributed by atoms with E-state index in [1.54, 1.807) is 12.1 Å². The summed E-state index contributed by atoms with van der Waals surface area (Å²) in [5.74, 6) is 0.292. The second-order valence-corrected chi connectivity index (χ2v) is 7.19. The van der Waals surface area contributed by atoms with Gasteiger partial charge < -0.3 is 4.90 Å². The number of carbonyl (C=O) groups excluding carboxylic acids is 1. The number of hydrogen-bond donors (Lipinski definition) is 1. The number of nitrogens with zero attached hydrogens (tertiary/aromatic N) is 2. The maximum atomic E-state index is 13.3. The number of fused-ring (bicyclic) bond motifs is 1. The van der Waals surface area contributed by atoms with Gasteiger partial charge in [0.2, 0.25) is 0 Å². The standard InChI is InChI=1S/C21H22FN3O/c1-14-5-6-19-18(11-14)20(24-23-19)21(26)25-9-7-15(8-10-25)12-16-3-2-4-17(22)13-16/h2-6,11,13,15H,7-10,12H2,1H3,(H,23,24). The molecule has 1 fully saturated rings. The molecule has 4 rings (SSSR count). The molecule has 4 nitrogen and oxygen atoms in total. The van der Waals surface area contributed by atoms with Crippen LogP contribution in [-0.4, -0.2) is 34.1 Å². The number of H-pyrrole nitrogens is 1. The first-order valence-electron chi connectivity index (χ1n) is 9.08. The third-order valence-electron chi connectivity index (χ3n) is 5.24. The summed E-state index contributed by atoms with van der Waals surface area (Å²) in [6, 6.07) is 12.8. The predicted molar refractivity (Wildman–Crippen MR) is 99.6 cm³/mol. The van der Waals surface area contributed by atoms with Crippen molar-refractivity contribution in [1.29, 1.82) is 0 Å². The van der Waals surface area contributed by atoms with Crippen molar-refractivity contribution >= 4 is 16.8 Å². The SMILES string of the molecule is Cc1ccc2[nH]nc(C(=O)N3CCC(Cc4cccc(F)c4)CC3)c2c1. The zero-order valence-corrected chi connectivity index (χ0v) is 14.8. The van der Waals surface area contributed by atoms with Crippen molar-refractivity contribution in [2.45, 2.75) is 26.2 Å². The largest absolute Gasteiger partial charge is 0.337 e. The van der Waals surface area contributed by atoms with Crippen LogP contribution in [0.4, 0.5) is 4.39 Å². The summed E-state index contributed by atoms with van der Waals surface area (Å²) in [5, 5.41) is 8.09. The molecule has 2 aromatic carbocycles. The molecule has 0 atom stereocenters. The van der Waals surface area contributed by atoms with Crippen LogP contribution in [0.1, 0.15) is 34.5 Å². The first kappa shape index (κ1) is 16.8. The van der Waals surface area contributed by atoms with Crippen molar-refractivity contribution < 1.29 is 9.18 Å². The molecule has 1 saturated heterocycles. The van der Waals surface area contributed by atoms with Gasteiger partial charge in [0.15, 0.2) is 5.69 Å². The van der Waals surface area contributed by atoms with Crippen molar-refractivity contribution in [3.63, 3.8) is 0 Å². The molecule has 0 aliphatic carbocycles. The molecule has 3 aromatic rings. The van der Waals surface area contributed by atoms with E-state index in [0.29, 0.717) is 11.6 Å². The first-order chi connectivity index (χ1) is 12.6. The maximum Gasteiger partial charge on any atom is 0.274 e. The van der Waals surface area contributed by atoms with Gasteiger partial charge in [-0.1, -0.05) is 23.8 Å². The number of aryl methyl sites for hydroxylation is 1. The Balaban J connectivity index is 1.42. The van der Waals surface area contributed by atoms with Gasteiger partial charge in [0.25, 0.3) is 5.91 Å². The number of aromatic amines is 1. The Morgan fingerprint density at radius 1 is 1.23 bits per heavy atom. The molecule has 0 unspecified atom stereocenters. The lowest BCUT2D eigenvalue weighted by Gasteiger charge is -2.31. The van der Waals surface area contributed by atoms with Gasteiger partial charge in [-0.2, -0.15) is 5.10 Å². The van der Waals surface area contributed by atoms with Crippen LogP contribution in [0, 0.1) is 18.7 Å². The minimum Gasteiger partial charge on any atom is -0.337 e. The number of amides is 1. The normalized spacial score (nSPS) is 15.5. The molecule has 0 radical (unpaired) electrons. The number of piperidine rings is 1. The fraction of sp³-hybridized carbons (Fsp3) is 0.333. The molecular weight excluding hydrogens is 329 g/mol. The fourth-order valence-electron chi connectivity index (χ4n) is 3.78. The Morgan fingerprint density at radius 3 is 2.81 bits per heavy atom. The molecular formula is C21H22FN3O. The van der Waals surface area contributed by atoms with E-state index in [-0.39, 0.29) is 11.7 Å². The molecule has 0 bridgehead atoms. The number of likely N-dealkylation sites (tertiary alicyclic amines) is 1. The highest BCUT2D eigenvalue weighted by atomic mass is 19.1. The molecule has 0 spiro atoms. The Kier molecular flexibility index (Phi) is 4.45. The average Bonchev–Trinajstić information content (AvgIpc) is 3.05. The molecule has 5 heteroatoms. The maximum absolute atomic E-state index is 13.3. The predicted octanol–water partition coefficient (Wildman–Crippen LogP) is 4.11. The number of halogens is 1. The van der Waals surface area contributed by atoms with E-state index < -0.39 is 0 Å². The van der Waals surface area contributed by atoms with Crippen LogP contribution in [0.2, 0.25) is 0 Å². The monoisotopic (exact) mass is 351 g/mol. The van der Waals surface area contributed by atoms with Crippen LogP contribution in [0.25, 0.3) is 10.9 Å². The molecule has 1 aromatic heterocycles. The third kappa shape index (κ3) is 3.34. The molecule has 1 aliphatic rings. The fourth-order valence-corrected chi connectivity index (χ4v) is 3.78. The first-order valence-corrected chi connectivity index (χ1v) is 9.08. The lowest BCUT2D eigenvalue weighted by Crippen LogP contribution is -2.39. The lowest BCUT2D eigenvalue weighted by atomic mass is 9.90. The smallest absolute Gasteiger partial charge is 0.274 e. The Bertz CT molecular complexity index is 941. The van der Waals surface area contributed by atoms with Crippen LogP contribution in [0.3, 0.4) is 0 Å². The Morgan fingerprint density at radius 2 is 2.04 bits per heavy atom. The average molecular weight is 351 g/mol. The topological polar surface area (TPSA) is 49.0 Å². The highest BCUT2D eigenvalue weighted by Gasteiger charge is 2.26. The van der Waals surface area contributed by atoms with Crippen molar-refractivity contribution in [3.8, 4) is 0 Å². The van der Waals surface area contributed by atoms with Gasteiger partial charge in [0.1, 0.15) is 5.82 Å². The van der Waals surface area contributed by atoms with Crippen LogP contribution in [0.15, 0.2) is 42.5 Å². The van der Waals surface area contributed by atoms with Gasteiger partial charge >= 0.3 is 0 Å². The van der Waals surface area contributed by atoms with E-state index in [1.807, 2.05) is 36.1 Å². The summed E-state index contributed by atoms with van der Waals surface area (Å²) in [5.41, 5.74) is 3.54. The van der Waals surface area contributed by atoms with Gasteiger partial charge in [-0.25, -0.2) is 4.39 Å². The van der Waals surface area contributed by atoms with Crippen LogP contribution < -0.4 is 0 Å². The summed E-state index contributed by atoms with van der Waals surface area (Å²) in [6.45, 7) is 3.45. The van der Waals surface area contributed by atoms with Crippen molar-refractivity contribution in [1.82, 2.24) is 15.1 Å². The highest BCUT2D eigenvalue weighted by Crippen LogP contribution is 2.25. The summed E-state index contributed by atoms with van der Waals surface area (Å²) < 4.78 is 13.3. The number of benzene rings is 2. The van der Waals surface area contributed by atoms with Gasteiger partial charge in [-0.05, 0) is 61.9 Å². The molecule has 2 heterocycles. The molecule has 0 saturated carbocycles. The third-order valence-corrected chi connectivity index (χ3v) is 5.24.